The van der Waals surface area contributed by atoms with Gasteiger partial charge in [0.15, 0.2) is 0 Å². The fourth-order valence-corrected chi connectivity index (χ4v) is 3.12. The molecule has 2 fully saturated rings. The first-order valence-electron chi connectivity index (χ1n) is 7.95. The van der Waals surface area contributed by atoms with Crippen molar-refractivity contribution in [3.63, 3.8) is 0 Å². The summed E-state index contributed by atoms with van der Waals surface area (Å²) in [5, 5.41) is 0. The van der Waals surface area contributed by atoms with Gasteiger partial charge in [0, 0.05) is 12.6 Å². The minimum absolute atomic E-state index is 0.00918. The summed E-state index contributed by atoms with van der Waals surface area (Å²) in [6, 6.07) is 5.06. The first-order valence-corrected chi connectivity index (χ1v) is 7.95. The van der Waals surface area contributed by atoms with Crippen LogP contribution in [0.15, 0.2) is 24.3 Å². The van der Waals surface area contributed by atoms with Crippen LogP contribution >= 0.6 is 0 Å². The van der Waals surface area contributed by atoms with Crippen molar-refractivity contribution < 1.29 is 22.7 Å². The van der Waals surface area contributed by atoms with Crippen LogP contribution in [-0.2, 0) is 15.7 Å². The Kier molecular flexibility index (Phi) is 4.36. The van der Waals surface area contributed by atoms with Crippen LogP contribution < -0.4 is 0 Å². The van der Waals surface area contributed by atoms with E-state index in [4.69, 9.17) is 4.74 Å². The van der Waals surface area contributed by atoms with E-state index in [9.17, 15) is 18.0 Å². The van der Waals surface area contributed by atoms with E-state index in [1.54, 1.807) is 11.0 Å². The number of nitrogens with zero attached hydrogens (tertiary/aromatic N) is 1. The van der Waals surface area contributed by atoms with Crippen LogP contribution in [0.5, 0.6) is 0 Å². The first kappa shape index (κ1) is 16.3. The lowest BCUT2D eigenvalue weighted by Gasteiger charge is -2.32. The average Bonchev–Trinajstić information content (AvgIpc) is 3.18. The van der Waals surface area contributed by atoms with Crippen molar-refractivity contribution in [1.29, 1.82) is 0 Å². The van der Waals surface area contributed by atoms with Crippen LogP contribution in [0.1, 0.15) is 43.4 Å². The molecule has 6 heteroatoms. The van der Waals surface area contributed by atoms with Gasteiger partial charge in [0.05, 0.1) is 24.1 Å². The van der Waals surface area contributed by atoms with E-state index in [2.05, 4.69) is 0 Å². The van der Waals surface area contributed by atoms with E-state index in [0.717, 1.165) is 25.0 Å². The zero-order valence-electron chi connectivity index (χ0n) is 13.0. The Morgan fingerprint density at radius 1 is 1.30 bits per heavy atom. The number of carbonyl (C=O) groups is 1. The second kappa shape index (κ2) is 6.15. The highest BCUT2D eigenvalue weighted by atomic mass is 19.4. The molecule has 2 unspecified atom stereocenters. The first-order chi connectivity index (χ1) is 10.9. The Bertz CT molecular complexity index is 577. The number of hydrogen-bond acceptors (Lipinski definition) is 2. The molecule has 23 heavy (non-hydrogen) atoms. The van der Waals surface area contributed by atoms with Crippen LogP contribution in [0.3, 0.4) is 0 Å². The fraction of sp³-hybridized carbons (Fsp3) is 0.588. The minimum atomic E-state index is -4.37. The summed E-state index contributed by atoms with van der Waals surface area (Å²) in [6.45, 7) is 2.80. The van der Waals surface area contributed by atoms with Crippen molar-refractivity contribution in [2.24, 2.45) is 5.92 Å². The second-order valence-electron chi connectivity index (χ2n) is 6.34. The maximum absolute atomic E-state index is 12.9. The van der Waals surface area contributed by atoms with Gasteiger partial charge in [-0.15, -0.1) is 0 Å². The lowest BCUT2D eigenvalue weighted by Crippen LogP contribution is -2.40. The third kappa shape index (κ3) is 3.52. The van der Waals surface area contributed by atoms with Crippen molar-refractivity contribution in [3.05, 3.63) is 35.4 Å². The molecule has 2 atom stereocenters. The maximum atomic E-state index is 12.9. The van der Waals surface area contributed by atoms with E-state index in [1.165, 1.54) is 6.07 Å². The van der Waals surface area contributed by atoms with Gasteiger partial charge < -0.3 is 9.64 Å². The molecule has 0 N–H and O–H groups in total. The number of rotatable bonds is 4. The summed E-state index contributed by atoms with van der Waals surface area (Å²) in [7, 11) is 0. The molecule has 1 saturated heterocycles. The number of halogens is 3. The molecule has 3 nitrogen and oxygen atoms in total. The highest BCUT2D eigenvalue weighted by Crippen LogP contribution is 2.38. The zero-order chi connectivity index (χ0) is 16.6. The number of hydrogen-bond donors (Lipinski definition) is 0. The largest absolute Gasteiger partial charge is 0.416 e. The van der Waals surface area contributed by atoms with Gasteiger partial charge in [0.1, 0.15) is 0 Å². The molecule has 0 spiro atoms. The van der Waals surface area contributed by atoms with Crippen molar-refractivity contribution in [2.45, 2.75) is 44.4 Å². The molecule has 3 rings (SSSR count). The standard InChI is InChI=1S/C17H20F3NO2/c1-11(12-3-2-4-14(9-12)17(18,19)20)21(15-5-6-15)16(22)13-7-8-23-10-13/h2-4,9,11,13,15H,5-8,10H2,1H3. The van der Waals surface area contributed by atoms with Crippen LogP contribution in [0, 0.1) is 5.92 Å². The molecular weight excluding hydrogens is 307 g/mol. The van der Waals surface area contributed by atoms with E-state index < -0.39 is 11.7 Å². The van der Waals surface area contributed by atoms with Gasteiger partial charge in [-0.25, -0.2) is 0 Å². The molecule has 2 aliphatic rings. The van der Waals surface area contributed by atoms with Gasteiger partial charge in [-0.05, 0) is 43.9 Å². The smallest absolute Gasteiger partial charge is 0.381 e. The summed E-state index contributed by atoms with van der Waals surface area (Å²) < 4.78 is 44.0. The van der Waals surface area contributed by atoms with Gasteiger partial charge in [0.25, 0.3) is 0 Å². The summed E-state index contributed by atoms with van der Waals surface area (Å²) in [6.07, 6.45) is -1.84. The van der Waals surface area contributed by atoms with E-state index >= 15 is 0 Å². The summed E-state index contributed by atoms with van der Waals surface area (Å²) in [4.78, 5) is 14.5. The number of amides is 1. The van der Waals surface area contributed by atoms with E-state index in [1.807, 2.05) is 6.92 Å². The van der Waals surface area contributed by atoms with Gasteiger partial charge in [-0.3, -0.25) is 4.79 Å². The Morgan fingerprint density at radius 3 is 2.61 bits per heavy atom. The Morgan fingerprint density at radius 2 is 2.04 bits per heavy atom. The second-order valence-corrected chi connectivity index (χ2v) is 6.34. The zero-order valence-corrected chi connectivity index (χ0v) is 13.0. The SMILES string of the molecule is CC(c1cccc(C(F)(F)F)c1)N(C(=O)C1CCOC1)C1CC1. The third-order valence-corrected chi connectivity index (χ3v) is 4.59. The summed E-state index contributed by atoms with van der Waals surface area (Å²) in [5.41, 5.74) is -0.145. The van der Waals surface area contributed by atoms with Crippen molar-refractivity contribution in [1.82, 2.24) is 4.90 Å². The van der Waals surface area contributed by atoms with Gasteiger partial charge in [-0.2, -0.15) is 13.2 Å². The highest BCUT2D eigenvalue weighted by molar-refractivity contribution is 5.80. The topological polar surface area (TPSA) is 29.5 Å². The Labute approximate surface area is 133 Å². The predicted molar refractivity (Wildman–Crippen MR) is 78.7 cm³/mol. The predicted octanol–water partition coefficient (Wildman–Crippen LogP) is 3.79. The average molecular weight is 327 g/mol. The number of alkyl halides is 3. The molecule has 1 aliphatic heterocycles. The quantitative estimate of drug-likeness (QED) is 0.842. The molecule has 1 aromatic rings. The monoisotopic (exact) mass is 327 g/mol. The molecular formula is C17H20F3NO2. The number of carbonyl (C=O) groups excluding carboxylic acids is 1. The van der Waals surface area contributed by atoms with Crippen molar-refractivity contribution in [3.8, 4) is 0 Å². The molecule has 126 valence electrons. The minimum Gasteiger partial charge on any atom is -0.381 e. The Balaban J connectivity index is 1.84. The normalized spacial score (nSPS) is 22.9. The summed E-state index contributed by atoms with van der Waals surface area (Å²) in [5.74, 6) is -0.154. The third-order valence-electron chi connectivity index (χ3n) is 4.59. The lowest BCUT2D eigenvalue weighted by molar-refractivity contribution is -0.138. The van der Waals surface area contributed by atoms with Crippen LogP contribution in [-0.4, -0.2) is 30.1 Å². The van der Waals surface area contributed by atoms with E-state index in [-0.39, 0.29) is 23.9 Å². The van der Waals surface area contributed by atoms with Gasteiger partial charge in [-0.1, -0.05) is 12.1 Å². The van der Waals surface area contributed by atoms with E-state index in [0.29, 0.717) is 25.2 Å². The van der Waals surface area contributed by atoms with Gasteiger partial charge >= 0.3 is 6.18 Å². The number of ether oxygens (including phenoxy) is 1. The molecule has 0 bridgehead atoms. The van der Waals surface area contributed by atoms with Crippen LogP contribution in [0.4, 0.5) is 13.2 Å². The fourth-order valence-electron chi connectivity index (χ4n) is 3.12. The molecule has 0 radical (unpaired) electrons. The van der Waals surface area contributed by atoms with Crippen molar-refractivity contribution in [2.75, 3.05) is 13.2 Å². The summed E-state index contributed by atoms with van der Waals surface area (Å²) >= 11 is 0. The lowest BCUT2D eigenvalue weighted by atomic mass is 10.0. The van der Waals surface area contributed by atoms with Gasteiger partial charge in [0.2, 0.25) is 5.91 Å². The molecule has 1 aromatic carbocycles. The van der Waals surface area contributed by atoms with Crippen LogP contribution in [0.2, 0.25) is 0 Å². The number of benzene rings is 1. The molecule has 1 aliphatic carbocycles. The highest BCUT2D eigenvalue weighted by Gasteiger charge is 2.40. The van der Waals surface area contributed by atoms with Crippen LogP contribution in [0.25, 0.3) is 0 Å². The molecule has 1 heterocycles. The molecule has 1 amide bonds. The Hall–Kier alpha value is -1.56. The van der Waals surface area contributed by atoms with Crippen molar-refractivity contribution >= 4 is 5.91 Å². The molecule has 1 saturated carbocycles. The maximum Gasteiger partial charge on any atom is 0.416 e. The molecule has 0 aromatic heterocycles.